The van der Waals surface area contributed by atoms with Gasteiger partial charge in [-0.05, 0) is 35.2 Å². The molecule has 0 N–H and O–H groups in total. The van der Waals surface area contributed by atoms with Gasteiger partial charge in [-0.3, -0.25) is 20.2 Å². The van der Waals surface area contributed by atoms with Crippen LogP contribution in [0.5, 0.6) is 0 Å². The van der Waals surface area contributed by atoms with Crippen LogP contribution in [-0.2, 0) is 5.41 Å². The SMILES string of the molecule is Cc1c(Br)c(C(C)(C)C)c([N+](=O)[O-])c(C)c1[N+](=O)[O-]. The molecular formula is C12H15BrN2O4. The van der Waals surface area contributed by atoms with Crippen molar-refractivity contribution < 1.29 is 9.85 Å². The molecule has 104 valence electrons. The van der Waals surface area contributed by atoms with Crippen LogP contribution in [0.25, 0.3) is 0 Å². The Kier molecular flexibility index (Phi) is 4.00. The molecule has 0 saturated heterocycles. The van der Waals surface area contributed by atoms with Crippen LogP contribution in [0.4, 0.5) is 11.4 Å². The zero-order valence-corrected chi connectivity index (χ0v) is 13.0. The fourth-order valence-electron chi connectivity index (χ4n) is 2.16. The summed E-state index contributed by atoms with van der Waals surface area (Å²) < 4.78 is 0.434. The Hall–Kier alpha value is -1.50. The van der Waals surface area contributed by atoms with E-state index in [2.05, 4.69) is 15.9 Å². The molecule has 0 bridgehead atoms. The van der Waals surface area contributed by atoms with Gasteiger partial charge in [-0.15, -0.1) is 0 Å². The van der Waals surface area contributed by atoms with Gasteiger partial charge in [-0.2, -0.15) is 0 Å². The average molecular weight is 331 g/mol. The van der Waals surface area contributed by atoms with Gasteiger partial charge in [-0.25, -0.2) is 0 Å². The highest BCUT2D eigenvalue weighted by atomic mass is 79.9. The van der Waals surface area contributed by atoms with E-state index in [0.29, 0.717) is 15.6 Å². The molecule has 0 heterocycles. The van der Waals surface area contributed by atoms with Crippen LogP contribution in [0.15, 0.2) is 4.47 Å². The van der Waals surface area contributed by atoms with Gasteiger partial charge in [0.1, 0.15) is 5.56 Å². The zero-order valence-electron chi connectivity index (χ0n) is 11.4. The Morgan fingerprint density at radius 3 is 1.68 bits per heavy atom. The normalized spacial score (nSPS) is 11.5. The van der Waals surface area contributed by atoms with E-state index in [1.807, 2.05) is 20.8 Å². The van der Waals surface area contributed by atoms with E-state index in [1.54, 1.807) is 6.92 Å². The smallest absolute Gasteiger partial charge is 0.258 e. The summed E-state index contributed by atoms with van der Waals surface area (Å²) in [5, 5.41) is 22.4. The van der Waals surface area contributed by atoms with Gasteiger partial charge >= 0.3 is 0 Å². The van der Waals surface area contributed by atoms with E-state index in [-0.39, 0.29) is 16.9 Å². The fraction of sp³-hybridized carbons (Fsp3) is 0.500. The summed E-state index contributed by atoms with van der Waals surface area (Å²) in [5.41, 5.74) is 0.117. The number of halogens is 1. The first-order valence-corrected chi connectivity index (χ1v) is 6.41. The molecule has 0 aromatic heterocycles. The van der Waals surface area contributed by atoms with Crippen LogP contribution < -0.4 is 0 Å². The second kappa shape index (κ2) is 4.88. The Morgan fingerprint density at radius 2 is 1.37 bits per heavy atom. The zero-order chi connectivity index (χ0) is 15.1. The number of nitrogens with zero attached hydrogens (tertiary/aromatic N) is 2. The third-order valence-corrected chi connectivity index (χ3v) is 3.96. The van der Waals surface area contributed by atoms with Crippen molar-refractivity contribution in [2.24, 2.45) is 0 Å². The molecule has 7 heteroatoms. The van der Waals surface area contributed by atoms with E-state index >= 15 is 0 Å². The molecule has 0 aliphatic rings. The molecule has 19 heavy (non-hydrogen) atoms. The lowest BCUT2D eigenvalue weighted by Gasteiger charge is -2.22. The molecule has 0 spiro atoms. The van der Waals surface area contributed by atoms with Crippen LogP contribution in [0.2, 0.25) is 0 Å². The lowest BCUT2D eigenvalue weighted by molar-refractivity contribution is -0.396. The second-order valence-electron chi connectivity index (χ2n) is 5.40. The molecule has 6 nitrogen and oxygen atoms in total. The van der Waals surface area contributed by atoms with Crippen molar-refractivity contribution in [1.82, 2.24) is 0 Å². The molecular weight excluding hydrogens is 316 g/mol. The Morgan fingerprint density at radius 1 is 0.947 bits per heavy atom. The number of hydrogen-bond acceptors (Lipinski definition) is 4. The number of nitro groups is 2. The van der Waals surface area contributed by atoms with Crippen molar-refractivity contribution in [2.45, 2.75) is 40.0 Å². The molecule has 1 aromatic carbocycles. The molecule has 0 radical (unpaired) electrons. The highest BCUT2D eigenvalue weighted by Crippen LogP contribution is 2.45. The predicted octanol–water partition coefficient (Wildman–Crippen LogP) is 4.18. The summed E-state index contributed by atoms with van der Waals surface area (Å²) in [5.74, 6) is 0. The van der Waals surface area contributed by atoms with Crippen LogP contribution in [0.3, 0.4) is 0 Å². The average Bonchev–Trinajstić information content (AvgIpc) is 2.20. The summed E-state index contributed by atoms with van der Waals surface area (Å²) in [7, 11) is 0. The predicted molar refractivity (Wildman–Crippen MR) is 75.6 cm³/mol. The van der Waals surface area contributed by atoms with Crippen LogP contribution in [-0.4, -0.2) is 9.85 Å². The lowest BCUT2D eigenvalue weighted by atomic mass is 9.83. The number of rotatable bonds is 2. The van der Waals surface area contributed by atoms with Crippen molar-refractivity contribution in [1.29, 1.82) is 0 Å². The van der Waals surface area contributed by atoms with Crippen molar-refractivity contribution in [3.8, 4) is 0 Å². The van der Waals surface area contributed by atoms with Crippen molar-refractivity contribution >= 4 is 27.3 Å². The third kappa shape index (κ3) is 2.60. The Bertz CT molecular complexity index is 576. The largest absolute Gasteiger partial charge is 0.284 e. The first-order chi connectivity index (χ1) is 8.50. The minimum Gasteiger partial charge on any atom is -0.258 e. The van der Waals surface area contributed by atoms with E-state index in [0.717, 1.165) is 0 Å². The van der Waals surface area contributed by atoms with Crippen molar-refractivity contribution in [3.63, 3.8) is 0 Å². The molecule has 0 saturated carbocycles. The summed E-state index contributed by atoms with van der Waals surface area (Å²) in [4.78, 5) is 21.3. The number of benzene rings is 1. The molecule has 0 atom stereocenters. The number of nitro benzene ring substituents is 2. The minimum absolute atomic E-state index is 0.0978. The molecule has 0 unspecified atom stereocenters. The Labute approximate surface area is 119 Å². The summed E-state index contributed by atoms with van der Waals surface area (Å²) >= 11 is 3.28. The summed E-state index contributed by atoms with van der Waals surface area (Å²) in [6.45, 7) is 8.53. The highest BCUT2D eigenvalue weighted by molar-refractivity contribution is 9.10. The fourth-order valence-corrected chi connectivity index (χ4v) is 3.13. The van der Waals surface area contributed by atoms with Crippen LogP contribution in [0, 0.1) is 34.1 Å². The third-order valence-electron chi connectivity index (χ3n) is 2.97. The van der Waals surface area contributed by atoms with Gasteiger partial charge in [-0.1, -0.05) is 20.8 Å². The summed E-state index contributed by atoms with van der Waals surface area (Å²) in [6.07, 6.45) is 0. The van der Waals surface area contributed by atoms with E-state index in [4.69, 9.17) is 0 Å². The Balaban J connectivity index is 3.97. The van der Waals surface area contributed by atoms with Crippen molar-refractivity contribution in [3.05, 3.63) is 41.4 Å². The molecule has 1 aromatic rings. The molecule has 0 aliphatic carbocycles. The maximum atomic E-state index is 11.3. The van der Waals surface area contributed by atoms with Crippen molar-refractivity contribution in [2.75, 3.05) is 0 Å². The van der Waals surface area contributed by atoms with Gasteiger partial charge in [0.25, 0.3) is 11.4 Å². The highest BCUT2D eigenvalue weighted by Gasteiger charge is 2.36. The monoisotopic (exact) mass is 330 g/mol. The van der Waals surface area contributed by atoms with Gasteiger partial charge in [0.05, 0.1) is 15.4 Å². The van der Waals surface area contributed by atoms with Crippen LogP contribution in [0.1, 0.15) is 37.5 Å². The molecule has 1 rings (SSSR count). The summed E-state index contributed by atoms with van der Waals surface area (Å²) in [6, 6.07) is 0. The topological polar surface area (TPSA) is 86.3 Å². The number of hydrogen-bond donors (Lipinski definition) is 0. The van der Waals surface area contributed by atoms with E-state index < -0.39 is 15.3 Å². The quantitative estimate of drug-likeness (QED) is 0.601. The van der Waals surface area contributed by atoms with Gasteiger partial charge < -0.3 is 0 Å². The maximum absolute atomic E-state index is 11.3. The first kappa shape index (κ1) is 15.6. The standard InChI is InChI=1S/C12H15BrN2O4/c1-6-9(13)8(12(3,4)5)11(15(18)19)7(2)10(6)14(16)17/h1-5H3. The molecule has 0 aliphatic heterocycles. The lowest BCUT2D eigenvalue weighted by Crippen LogP contribution is -2.17. The van der Waals surface area contributed by atoms with Crippen LogP contribution >= 0.6 is 15.9 Å². The van der Waals surface area contributed by atoms with Gasteiger partial charge in [0.2, 0.25) is 0 Å². The maximum Gasteiger partial charge on any atom is 0.284 e. The van der Waals surface area contributed by atoms with E-state index in [1.165, 1.54) is 6.92 Å². The van der Waals surface area contributed by atoms with Gasteiger partial charge in [0, 0.05) is 10.0 Å². The molecule has 0 amide bonds. The second-order valence-corrected chi connectivity index (χ2v) is 6.19. The van der Waals surface area contributed by atoms with Gasteiger partial charge in [0.15, 0.2) is 0 Å². The van der Waals surface area contributed by atoms with E-state index in [9.17, 15) is 20.2 Å². The first-order valence-electron chi connectivity index (χ1n) is 5.62. The molecule has 0 fully saturated rings. The minimum atomic E-state index is -0.575.